The summed E-state index contributed by atoms with van der Waals surface area (Å²) in [5.74, 6) is 5.87. The highest BCUT2D eigenvalue weighted by atomic mass is 16.6. The molecule has 1 aliphatic carbocycles. The number of nitrogens with zero attached hydrogens (tertiary/aromatic N) is 3. The number of hydrogen-bond donors (Lipinski definition) is 1. The lowest BCUT2D eigenvalue weighted by Gasteiger charge is -2.29. The van der Waals surface area contributed by atoms with Crippen molar-refractivity contribution in [3.8, 4) is 0 Å². The summed E-state index contributed by atoms with van der Waals surface area (Å²) in [6.07, 6.45) is 4.28. The second-order valence-corrected chi connectivity index (χ2v) is 8.68. The van der Waals surface area contributed by atoms with E-state index in [1.807, 2.05) is 37.7 Å². The van der Waals surface area contributed by atoms with Crippen molar-refractivity contribution >= 4 is 17.9 Å². The smallest absolute Gasteiger partial charge is 0.266 e. The Morgan fingerprint density at radius 1 is 1.38 bits per heavy atom. The Morgan fingerprint density at radius 3 is 2.62 bits per heavy atom. The van der Waals surface area contributed by atoms with E-state index in [-0.39, 0.29) is 11.3 Å². The zero-order chi connectivity index (χ0) is 21.3. The summed E-state index contributed by atoms with van der Waals surface area (Å²) in [6, 6.07) is 3.98. The predicted octanol–water partition coefficient (Wildman–Crippen LogP) is 3.60. The van der Waals surface area contributed by atoms with Crippen LogP contribution in [0.15, 0.2) is 23.7 Å². The van der Waals surface area contributed by atoms with Gasteiger partial charge in [0.05, 0.1) is 5.70 Å². The van der Waals surface area contributed by atoms with Gasteiger partial charge in [0.25, 0.3) is 5.90 Å². The number of aldehydes is 1. The SMILES string of the molecule is C=C(/N=C(\ON)c1nn(C)c2c1CCC(C)(C)C2)c1cc(C)c(CC=O)c(C)c1. The number of carbonyl (C=O) groups is 1. The van der Waals surface area contributed by atoms with Crippen LogP contribution in [-0.4, -0.2) is 22.0 Å². The number of aliphatic imine (C=N–C) groups is 1. The maximum absolute atomic E-state index is 10.9. The molecule has 6 heteroatoms. The second kappa shape index (κ2) is 7.95. The van der Waals surface area contributed by atoms with Crippen molar-refractivity contribution in [2.45, 2.75) is 53.4 Å². The maximum atomic E-state index is 10.9. The molecular formula is C23H30N4O2. The van der Waals surface area contributed by atoms with Gasteiger partial charge in [0.15, 0.2) is 5.69 Å². The van der Waals surface area contributed by atoms with Gasteiger partial charge in [0.1, 0.15) is 6.29 Å². The van der Waals surface area contributed by atoms with Gasteiger partial charge in [-0.25, -0.2) is 4.99 Å². The number of fused-ring (bicyclic) bond motifs is 1. The van der Waals surface area contributed by atoms with E-state index in [1.54, 1.807) is 0 Å². The first-order valence-electron chi connectivity index (χ1n) is 9.90. The normalized spacial score (nSPS) is 15.7. The number of aryl methyl sites for hydroxylation is 3. The van der Waals surface area contributed by atoms with E-state index < -0.39 is 0 Å². The molecule has 0 aliphatic heterocycles. The second-order valence-electron chi connectivity index (χ2n) is 8.68. The summed E-state index contributed by atoms with van der Waals surface area (Å²) in [6.45, 7) is 12.6. The number of benzene rings is 1. The van der Waals surface area contributed by atoms with E-state index in [0.29, 0.717) is 17.8 Å². The summed E-state index contributed by atoms with van der Waals surface area (Å²) in [7, 11) is 1.95. The first-order valence-corrected chi connectivity index (χ1v) is 9.90. The summed E-state index contributed by atoms with van der Waals surface area (Å²) >= 11 is 0. The lowest BCUT2D eigenvalue weighted by atomic mass is 9.76. The van der Waals surface area contributed by atoms with Crippen molar-refractivity contribution in [3.63, 3.8) is 0 Å². The molecule has 29 heavy (non-hydrogen) atoms. The molecule has 1 aliphatic rings. The molecule has 0 bridgehead atoms. The largest absolute Gasteiger partial charge is 0.389 e. The van der Waals surface area contributed by atoms with Crippen LogP contribution >= 0.6 is 0 Å². The third kappa shape index (κ3) is 4.17. The monoisotopic (exact) mass is 394 g/mol. The summed E-state index contributed by atoms with van der Waals surface area (Å²) in [5.41, 5.74) is 7.83. The van der Waals surface area contributed by atoms with E-state index >= 15 is 0 Å². The van der Waals surface area contributed by atoms with Crippen LogP contribution in [0, 0.1) is 19.3 Å². The molecule has 0 saturated heterocycles. The van der Waals surface area contributed by atoms with Gasteiger partial charge >= 0.3 is 0 Å². The Balaban J connectivity index is 1.98. The Kier molecular flexibility index (Phi) is 5.75. The van der Waals surface area contributed by atoms with Gasteiger partial charge < -0.3 is 9.63 Å². The molecule has 3 rings (SSSR count). The maximum Gasteiger partial charge on any atom is 0.266 e. The van der Waals surface area contributed by atoms with Crippen LogP contribution < -0.4 is 5.90 Å². The molecule has 0 spiro atoms. The Bertz CT molecular complexity index is 976. The zero-order valence-electron chi connectivity index (χ0n) is 18.0. The van der Waals surface area contributed by atoms with Crippen LogP contribution in [0.4, 0.5) is 0 Å². The van der Waals surface area contributed by atoms with Gasteiger partial charge in [-0.15, -0.1) is 0 Å². The van der Waals surface area contributed by atoms with Gasteiger partial charge in [0.2, 0.25) is 0 Å². The van der Waals surface area contributed by atoms with Crippen molar-refractivity contribution in [3.05, 3.63) is 57.9 Å². The highest BCUT2D eigenvalue weighted by molar-refractivity contribution is 5.97. The molecule has 0 amide bonds. The molecule has 0 radical (unpaired) electrons. The highest BCUT2D eigenvalue weighted by Crippen LogP contribution is 2.36. The number of aromatic nitrogens is 2. The third-order valence-electron chi connectivity index (χ3n) is 5.84. The molecular weight excluding hydrogens is 364 g/mol. The third-order valence-corrected chi connectivity index (χ3v) is 5.84. The highest BCUT2D eigenvalue weighted by Gasteiger charge is 2.32. The summed E-state index contributed by atoms with van der Waals surface area (Å²) in [4.78, 5) is 20.6. The molecule has 0 unspecified atom stereocenters. The van der Waals surface area contributed by atoms with Gasteiger partial charge in [-0.2, -0.15) is 11.0 Å². The van der Waals surface area contributed by atoms with E-state index in [4.69, 9.17) is 10.7 Å². The number of carbonyl (C=O) groups excluding carboxylic acids is 1. The molecule has 154 valence electrons. The number of nitrogens with two attached hydrogens (primary N) is 1. The minimum absolute atomic E-state index is 0.251. The van der Waals surface area contributed by atoms with Gasteiger partial charge in [-0.1, -0.05) is 20.4 Å². The number of rotatable bonds is 5. The Hall–Kier alpha value is -2.73. The standard InChI is InChI=1S/C23H30N4O2/c1-14-11-17(12-15(2)18(14)8-10-28)16(3)25-22(29-24)21-19-7-9-23(4,5)13-20(19)27(6)26-21/h10-12H,3,7-9,13,24H2,1-2,4-6H3/b25-22-. The molecule has 2 N–H and O–H groups in total. The van der Waals surface area contributed by atoms with Crippen LogP contribution in [0.2, 0.25) is 0 Å². The molecule has 0 atom stereocenters. The molecule has 0 fully saturated rings. The van der Waals surface area contributed by atoms with Crippen LogP contribution in [0.1, 0.15) is 59.5 Å². The van der Waals surface area contributed by atoms with Gasteiger partial charge in [0, 0.05) is 30.3 Å². The molecule has 1 aromatic heterocycles. The molecule has 1 heterocycles. The van der Waals surface area contributed by atoms with Crippen LogP contribution in [0.3, 0.4) is 0 Å². The van der Waals surface area contributed by atoms with Crippen molar-refractivity contribution in [2.75, 3.05) is 0 Å². The molecule has 6 nitrogen and oxygen atoms in total. The van der Waals surface area contributed by atoms with Gasteiger partial charge in [-0.3, -0.25) is 4.68 Å². The van der Waals surface area contributed by atoms with E-state index in [9.17, 15) is 4.79 Å². The fourth-order valence-corrected chi connectivity index (χ4v) is 4.15. The van der Waals surface area contributed by atoms with E-state index in [2.05, 4.69) is 30.5 Å². The van der Waals surface area contributed by atoms with Crippen molar-refractivity contribution in [2.24, 2.45) is 23.4 Å². The molecule has 1 aromatic carbocycles. The fraction of sp³-hybridized carbons (Fsp3) is 0.435. The average molecular weight is 395 g/mol. The Labute approximate surface area is 172 Å². The van der Waals surface area contributed by atoms with Crippen LogP contribution in [0.5, 0.6) is 0 Å². The lowest BCUT2D eigenvalue weighted by Crippen LogP contribution is -2.24. The fourth-order valence-electron chi connectivity index (χ4n) is 4.15. The zero-order valence-corrected chi connectivity index (χ0v) is 18.0. The van der Waals surface area contributed by atoms with E-state index in [1.165, 1.54) is 5.69 Å². The quantitative estimate of drug-likeness (QED) is 0.363. The minimum Gasteiger partial charge on any atom is -0.389 e. The van der Waals surface area contributed by atoms with E-state index in [0.717, 1.165) is 53.4 Å². The summed E-state index contributed by atoms with van der Waals surface area (Å²) in [5, 5.41) is 4.65. The Morgan fingerprint density at radius 2 is 2.03 bits per heavy atom. The van der Waals surface area contributed by atoms with Crippen LogP contribution in [0.25, 0.3) is 5.70 Å². The summed E-state index contributed by atoms with van der Waals surface area (Å²) < 4.78 is 1.91. The van der Waals surface area contributed by atoms with Crippen molar-refractivity contribution in [1.82, 2.24) is 9.78 Å². The minimum atomic E-state index is 0.251. The van der Waals surface area contributed by atoms with Gasteiger partial charge in [-0.05, 0) is 67.3 Å². The first kappa shape index (κ1) is 21.0. The lowest BCUT2D eigenvalue weighted by molar-refractivity contribution is -0.107. The van der Waals surface area contributed by atoms with Crippen molar-refractivity contribution < 1.29 is 9.63 Å². The topological polar surface area (TPSA) is 82.5 Å². The first-order chi connectivity index (χ1) is 13.7. The molecule has 0 saturated carbocycles. The average Bonchev–Trinajstić information content (AvgIpc) is 2.97. The van der Waals surface area contributed by atoms with Crippen LogP contribution in [-0.2, 0) is 35.9 Å². The number of hydrogen-bond acceptors (Lipinski definition) is 5. The molecule has 2 aromatic rings. The predicted molar refractivity (Wildman–Crippen MR) is 116 cm³/mol. The van der Waals surface area contributed by atoms with Crippen molar-refractivity contribution in [1.29, 1.82) is 0 Å².